The van der Waals surface area contributed by atoms with Crippen LogP contribution >= 0.6 is 0 Å². The molecule has 0 aromatic carbocycles. The van der Waals surface area contributed by atoms with Gasteiger partial charge in [0, 0.05) is 7.11 Å². The lowest BCUT2D eigenvalue weighted by Crippen LogP contribution is -2.61. The summed E-state index contributed by atoms with van der Waals surface area (Å²) in [5.41, 5.74) is 0. The van der Waals surface area contributed by atoms with Crippen molar-refractivity contribution in [3.8, 4) is 0 Å². The highest BCUT2D eigenvalue weighted by atomic mass is 16.7. The number of aliphatic hydroxyl groups excluding tert-OH is 5. The number of hydrogen-bond acceptors (Lipinski definition) is 7. The first-order valence-corrected chi connectivity index (χ1v) is 4.54. The Hall–Kier alpha value is -0.280. The van der Waals surface area contributed by atoms with Gasteiger partial charge in [0.25, 0.3) is 0 Å². The fourth-order valence-electron chi connectivity index (χ4n) is 1.49. The third-order valence-corrected chi connectivity index (χ3v) is 2.41. The molecule has 1 aliphatic heterocycles. The van der Waals surface area contributed by atoms with Gasteiger partial charge in [-0.3, -0.25) is 0 Å². The fourth-order valence-corrected chi connectivity index (χ4v) is 1.49. The third-order valence-electron chi connectivity index (χ3n) is 2.41. The molecular formula is C8H16O7. The van der Waals surface area contributed by atoms with Crippen molar-refractivity contribution in [1.29, 1.82) is 0 Å². The molecule has 0 amide bonds. The Morgan fingerprint density at radius 1 is 1.20 bits per heavy atom. The van der Waals surface area contributed by atoms with E-state index in [-0.39, 0.29) is 0 Å². The summed E-state index contributed by atoms with van der Waals surface area (Å²) in [5.74, 6) is 0. The zero-order valence-electron chi connectivity index (χ0n) is 8.22. The van der Waals surface area contributed by atoms with Gasteiger partial charge in [-0.15, -0.1) is 0 Å². The van der Waals surface area contributed by atoms with E-state index in [0.717, 1.165) is 0 Å². The van der Waals surface area contributed by atoms with E-state index in [9.17, 15) is 20.4 Å². The van der Waals surface area contributed by atoms with Crippen LogP contribution in [0.3, 0.4) is 0 Å². The van der Waals surface area contributed by atoms with Crippen molar-refractivity contribution < 1.29 is 35.0 Å². The number of methoxy groups -OCH3 is 1. The number of rotatable bonds is 3. The summed E-state index contributed by atoms with van der Waals surface area (Å²) >= 11 is 0. The van der Waals surface area contributed by atoms with E-state index in [4.69, 9.17) is 14.6 Å². The largest absolute Gasteiger partial charge is 0.394 e. The van der Waals surface area contributed by atoms with Gasteiger partial charge < -0.3 is 35.0 Å². The number of aliphatic hydroxyl groups is 5. The molecule has 5 unspecified atom stereocenters. The first kappa shape index (κ1) is 12.8. The standard InChI is InChI=1S/C8H16O7/c1-14-8-6(13)4(11)5(12)7(15-8)3(10)2-9/h3-13H,2H2,1H3/t3?,4?,5?,6?,7?,8-/m0/s1. The van der Waals surface area contributed by atoms with Crippen LogP contribution in [0, 0.1) is 0 Å². The van der Waals surface area contributed by atoms with Gasteiger partial charge in [-0.25, -0.2) is 0 Å². The molecule has 7 heteroatoms. The van der Waals surface area contributed by atoms with E-state index in [1.165, 1.54) is 7.11 Å². The van der Waals surface area contributed by atoms with Crippen LogP contribution in [0.4, 0.5) is 0 Å². The SMILES string of the molecule is CO[C@H]1OC(C(O)CO)C(O)C(O)C1O. The Balaban J connectivity index is 2.74. The zero-order chi connectivity index (χ0) is 11.6. The molecule has 6 atom stereocenters. The van der Waals surface area contributed by atoms with E-state index < -0.39 is 43.4 Å². The first-order chi connectivity index (χ1) is 7.02. The molecule has 1 aliphatic rings. The minimum atomic E-state index is -1.49. The minimum absolute atomic E-state index is 0.624. The van der Waals surface area contributed by atoms with Gasteiger partial charge in [0.1, 0.15) is 30.5 Å². The first-order valence-electron chi connectivity index (χ1n) is 4.54. The lowest BCUT2D eigenvalue weighted by Gasteiger charge is -2.41. The summed E-state index contributed by atoms with van der Waals surface area (Å²) in [5, 5.41) is 46.2. The Morgan fingerprint density at radius 3 is 2.27 bits per heavy atom. The lowest BCUT2D eigenvalue weighted by molar-refractivity contribution is -0.305. The van der Waals surface area contributed by atoms with Crippen LogP contribution in [0.25, 0.3) is 0 Å². The molecule has 1 heterocycles. The molecule has 1 saturated heterocycles. The summed E-state index contributed by atoms with van der Waals surface area (Å²) in [6.45, 7) is -0.624. The van der Waals surface area contributed by atoms with Crippen LogP contribution < -0.4 is 0 Å². The molecular weight excluding hydrogens is 208 g/mol. The minimum Gasteiger partial charge on any atom is -0.394 e. The Kier molecular flexibility index (Phi) is 4.41. The van der Waals surface area contributed by atoms with Crippen molar-refractivity contribution in [3.05, 3.63) is 0 Å². The normalized spacial score (nSPS) is 44.0. The molecule has 0 saturated carbocycles. The second kappa shape index (κ2) is 5.17. The van der Waals surface area contributed by atoms with Crippen LogP contribution in [-0.2, 0) is 9.47 Å². The number of hydrogen-bond donors (Lipinski definition) is 5. The van der Waals surface area contributed by atoms with Crippen LogP contribution in [-0.4, -0.2) is 76.1 Å². The molecule has 5 N–H and O–H groups in total. The second-order valence-corrected chi connectivity index (χ2v) is 3.43. The summed E-state index contributed by atoms with van der Waals surface area (Å²) < 4.78 is 9.70. The second-order valence-electron chi connectivity index (χ2n) is 3.43. The van der Waals surface area contributed by atoms with E-state index in [2.05, 4.69) is 0 Å². The van der Waals surface area contributed by atoms with Crippen molar-refractivity contribution in [2.45, 2.75) is 36.8 Å². The quantitative estimate of drug-likeness (QED) is 0.342. The van der Waals surface area contributed by atoms with Gasteiger partial charge >= 0.3 is 0 Å². The molecule has 1 fully saturated rings. The maximum Gasteiger partial charge on any atom is 0.186 e. The molecule has 0 bridgehead atoms. The Labute approximate surface area is 86.5 Å². The van der Waals surface area contributed by atoms with Crippen LogP contribution in [0.15, 0.2) is 0 Å². The molecule has 7 nitrogen and oxygen atoms in total. The van der Waals surface area contributed by atoms with Gasteiger partial charge in [0.05, 0.1) is 6.61 Å². The predicted molar refractivity (Wildman–Crippen MR) is 46.8 cm³/mol. The Bertz CT molecular complexity index is 197. The average molecular weight is 224 g/mol. The Morgan fingerprint density at radius 2 is 1.80 bits per heavy atom. The molecule has 0 spiro atoms. The van der Waals surface area contributed by atoms with Crippen molar-refractivity contribution in [3.63, 3.8) is 0 Å². The molecule has 0 radical (unpaired) electrons. The highest BCUT2D eigenvalue weighted by molar-refractivity contribution is 4.92. The van der Waals surface area contributed by atoms with Crippen LogP contribution in [0.2, 0.25) is 0 Å². The van der Waals surface area contributed by atoms with Gasteiger partial charge in [0.15, 0.2) is 6.29 Å². The van der Waals surface area contributed by atoms with Crippen LogP contribution in [0.5, 0.6) is 0 Å². The van der Waals surface area contributed by atoms with E-state index in [0.29, 0.717) is 0 Å². The third kappa shape index (κ3) is 2.45. The predicted octanol–water partition coefficient (Wildman–Crippen LogP) is -3.21. The van der Waals surface area contributed by atoms with Crippen molar-refractivity contribution in [1.82, 2.24) is 0 Å². The molecule has 0 aromatic heterocycles. The van der Waals surface area contributed by atoms with Gasteiger partial charge in [-0.05, 0) is 0 Å². The molecule has 0 aliphatic carbocycles. The zero-order valence-corrected chi connectivity index (χ0v) is 8.22. The summed E-state index contributed by atoms with van der Waals surface area (Å²) in [6.07, 6.45) is -8.05. The van der Waals surface area contributed by atoms with Crippen molar-refractivity contribution >= 4 is 0 Å². The number of ether oxygens (including phenoxy) is 2. The van der Waals surface area contributed by atoms with Gasteiger partial charge in [-0.2, -0.15) is 0 Å². The molecule has 90 valence electrons. The van der Waals surface area contributed by atoms with Gasteiger partial charge in [-0.1, -0.05) is 0 Å². The lowest BCUT2D eigenvalue weighted by atomic mass is 9.95. The van der Waals surface area contributed by atoms with E-state index >= 15 is 0 Å². The maximum atomic E-state index is 9.46. The fraction of sp³-hybridized carbons (Fsp3) is 1.00. The summed E-state index contributed by atoms with van der Waals surface area (Å²) in [7, 11) is 1.25. The molecule has 1 rings (SSSR count). The van der Waals surface area contributed by atoms with E-state index in [1.807, 2.05) is 0 Å². The van der Waals surface area contributed by atoms with Crippen molar-refractivity contribution in [2.24, 2.45) is 0 Å². The summed E-state index contributed by atoms with van der Waals surface area (Å²) in [4.78, 5) is 0. The summed E-state index contributed by atoms with van der Waals surface area (Å²) in [6, 6.07) is 0. The molecule has 15 heavy (non-hydrogen) atoms. The van der Waals surface area contributed by atoms with Crippen LogP contribution in [0.1, 0.15) is 0 Å². The molecule has 0 aromatic rings. The highest BCUT2D eigenvalue weighted by Crippen LogP contribution is 2.23. The topological polar surface area (TPSA) is 120 Å². The highest BCUT2D eigenvalue weighted by Gasteiger charge is 2.46. The smallest absolute Gasteiger partial charge is 0.186 e. The average Bonchev–Trinajstić information content (AvgIpc) is 2.25. The van der Waals surface area contributed by atoms with E-state index in [1.54, 1.807) is 0 Å². The maximum absolute atomic E-state index is 9.46. The van der Waals surface area contributed by atoms with Crippen molar-refractivity contribution in [2.75, 3.05) is 13.7 Å². The van der Waals surface area contributed by atoms with Gasteiger partial charge in [0.2, 0.25) is 0 Å². The monoisotopic (exact) mass is 224 g/mol.